The molecule has 1 amide bonds. The quantitative estimate of drug-likeness (QED) is 0.428. The molecule has 0 unspecified atom stereocenters. The number of nitrogens with one attached hydrogen (secondary N) is 2. The van der Waals surface area contributed by atoms with Crippen LogP contribution in [0.1, 0.15) is 40.1 Å². The third-order valence-corrected chi connectivity index (χ3v) is 6.03. The molecule has 4 rings (SSSR count). The van der Waals surface area contributed by atoms with Gasteiger partial charge < -0.3 is 25.8 Å². The van der Waals surface area contributed by atoms with E-state index in [0.717, 1.165) is 5.56 Å². The number of primary amides is 1. The number of esters is 2. The fraction of sp³-hybridized carbons (Fsp3) is 0.333. The number of carbonyl (C=O) groups excluding carboxylic acids is 3. The van der Waals surface area contributed by atoms with Crippen molar-refractivity contribution in [3.63, 3.8) is 0 Å². The van der Waals surface area contributed by atoms with Gasteiger partial charge in [0.2, 0.25) is 0 Å². The van der Waals surface area contributed by atoms with Gasteiger partial charge in [0, 0.05) is 25.2 Å². The second-order valence-corrected chi connectivity index (χ2v) is 8.27. The van der Waals surface area contributed by atoms with Crippen LogP contribution in [-0.2, 0) is 20.9 Å². The van der Waals surface area contributed by atoms with Gasteiger partial charge in [-0.05, 0) is 18.6 Å². The van der Waals surface area contributed by atoms with Crippen molar-refractivity contribution in [3.05, 3.63) is 65.5 Å². The van der Waals surface area contributed by atoms with Gasteiger partial charge in [-0.3, -0.25) is 4.79 Å². The molecule has 3 aromatic rings. The molecule has 0 spiro atoms. The van der Waals surface area contributed by atoms with Crippen LogP contribution in [0, 0.1) is 5.92 Å². The number of nitrogens with two attached hydrogens (primary N) is 1. The Bertz CT molecular complexity index is 1230. The average Bonchev–Trinajstić information content (AvgIpc) is 3.43. The molecule has 4 N–H and O–H groups in total. The van der Waals surface area contributed by atoms with Crippen LogP contribution in [0.2, 0.25) is 0 Å². The summed E-state index contributed by atoms with van der Waals surface area (Å²) in [6, 6.07) is 10.9. The number of carbonyl (C=O) groups is 3. The zero-order valence-electron chi connectivity index (χ0n) is 19.0. The first-order valence-corrected chi connectivity index (χ1v) is 11.0. The second-order valence-electron chi connectivity index (χ2n) is 8.27. The molecule has 0 saturated carbocycles. The fourth-order valence-electron chi connectivity index (χ4n) is 4.10. The van der Waals surface area contributed by atoms with Crippen molar-refractivity contribution in [1.29, 1.82) is 0 Å². The van der Waals surface area contributed by atoms with Crippen LogP contribution in [-0.4, -0.2) is 52.7 Å². The van der Waals surface area contributed by atoms with Crippen LogP contribution < -0.4 is 16.4 Å². The molecule has 1 saturated heterocycles. The van der Waals surface area contributed by atoms with Gasteiger partial charge in [0.25, 0.3) is 5.91 Å². The maximum Gasteiger partial charge on any atom is 0.339 e. The molecule has 3 heterocycles. The Kier molecular flexibility index (Phi) is 6.51. The van der Waals surface area contributed by atoms with E-state index in [0.29, 0.717) is 17.7 Å². The summed E-state index contributed by atoms with van der Waals surface area (Å²) in [6.45, 7) is 4.80. The highest BCUT2D eigenvalue weighted by atomic mass is 16.5. The number of benzene rings is 1. The summed E-state index contributed by atoms with van der Waals surface area (Å²) in [5.74, 6) is -1.88. The molecular formula is C24H27N5O5. The van der Waals surface area contributed by atoms with Crippen molar-refractivity contribution in [2.24, 2.45) is 11.7 Å². The largest absolute Gasteiger partial charge is 0.462 e. The Balaban J connectivity index is 1.73. The summed E-state index contributed by atoms with van der Waals surface area (Å²) in [5, 5.41) is 10.7. The number of amides is 1. The van der Waals surface area contributed by atoms with E-state index >= 15 is 0 Å². The summed E-state index contributed by atoms with van der Waals surface area (Å²) in [4.78, 5) is 38.0. The molecule has 2 atom stereocenters. The maximum absolute atomic E-state index is 13.4. The highest BCUT2D eigenvalue weighted by molar-refractivity contribution is 6.04. The predicted octanol–water partition coefficient (Wildman–Crippen LogP) is 1.74. The van der Waals surface area contributed by atoms with E-state index in [1.807, 2.05) is 37.3 Å². The molecule has 34 heavy (non-hydrogen) atoms. The van der Waals surface area contributed by atoms with Gasteiger partial charge in [0.05, 0.1) is 35.1 Å². The Morgan fingerprint density at radius 2 is 2.03 bits per heavy atom. The number of rotatable bonds is 8. The van der Waals surface area contributed by atoms with Gasteiger partial charge in [-0.1, -0.05) is 37.3 Å². The lowest BCUT2D eigenvalue weighted by atomic mass is 9.87. The third kappa shape index (κ3) is 4.32. The van der Waals surface area contributed by atoms with Gasteiger partial charge in [-0.2, -0.15) is 5.10 Å². The zero-order chi connectivity index (χ0) is 24.3. The monoisotopic (exact) mass is 465 g/mol. The molecule has 0 radical (unpaired) electrons. The van der Waals surface area contributed by atoms with Crippen molar-refractivity contribution < 1.29 is 23.9 Å². The second kappa shape index (κ2) is 9.52. The fourth-order valence-corrected chi connectivity index (χ4v) is 4.10. The minimum atomic E-state index is -1.17. The molecule has 1 aromatic carbocycles. The van der Waals surface area contributed by atoms with E-state index < -0.39 is 23.4 Å². The highest BCUT2D eigenvalue weighted by Gasteiger charge is 2.49. The molecular weight excluding hydrogens is 438 g/mol. The van der Waals surface area contributed by atoms with E-state index in [1.165, 1.54) is 16.9 Å². The SMILES string of the molecule is CCOC(=O)c1cc2c(N[C@]3(C(=O)OCc4ccccc4)CNC[C@@H]3C)c(C(N)=O)cnn2c1. The first kappa shape index (κ1) is 23.2. The van der Waals surface area contributed by atoms with Crippen LogP contribution in [0.25, 0.3) is 5.52 Å². The summed E-state index contributed by atoms with van der Waals surface area (Å²) in [5.41, 5.74) is 6.38. The lowest BCUT2D eigenvalue weighted by molar-refractivity contribution is -0.151. The van der Waals surface area contributed by atoms with Gasteiger partial charge in [0.1, 0.15) is 6.61 Å². The van der Waals surface area contributed by atoms with Gasteiger partial charge in [-0.25, -0.2) is 14.1 Å². The van der Waals surface area contributed by atoms with Gasteiger partial charge >= 0.3 is 11.9 Å². The standard InChI is InChI=1S/C24H27N5O5/c1-3-33-22(31)17-9-19-20(18(21(25)30)11-27-29(19)12-17)28-24(14-26-10-15(24)2)23(32)34-13-16-7-5-4-6-8-16/h4-9,11-12,15,26,28H,3,10,13-14H2,1-2H3,(H2,25,30)/t15-,24+/m0/s1. The van der Waals surface area contributed by atoms with Crippen molar-refractivity contribution in [3.8, 4) is 0 Å². The predicted molar refractivity (Wildman–Crippen MR) is 124 cm³/mol. The summed E-state index contributed by atoms with van der Waals surface area (Å²) in [7, 11) is 0. The lowest BCUT2D eigenvalue weighted by Gasteiger charge is -2.33. The number of aromatic nitrogens is 2. The minimum Gasteiger partial charge on any atom is -0.462 e. The van der Waals surface area contributed by atoms with E-state index in [1.54, 1.807) is 13.0 Å². The number of hydrogen-bond donors (Lipinski definition) is 3. The van der Waals surface area contributed by atoms with Gasteiger partial charge in [0.15, 0.2) is 5.54 Å². The van der Waals surface area contributed by atoms with Gasteiger partial charge in [-0.15, -0.1) is 0 Å². The molecule has 2 aromatic heterocycles. The number of hydrogen-bond acceptors (Lipinski definition) is 8. The minimum absolute atomic E-state index is 0.0929. The number of anilines is 1. The van der Waals surface area contributed by atoms with Crippen LogP contribution in [0.4, 0.5) is 5.69 Å². The molecule has 1 aliphatic rings. The van der Waals surface area contributed by atoms with Crippen molar-refractivity contribution in [1.82, 2.24) is 14.9 Å². The summed E-state index contributed by atoms with van der Waals surface area (Å²) in [6.07, 6.45) is 2.81. The van der Waals surface area contributed by atoms with Crippen LogP contribution in [0.5, 0.6) is 0 Å². The van der Waals surface area contributed by atoms with E-state index in [4.69, 9.17) is 15.2 Å². The van der Waals surface area contributed by atoms with Crippen molar-refractivity contribution in [2.75, 3.05) is 25.0 Å². The van der Waals surface area contributed by atoms with Crippen molar-refractivity contribution >= 4 is 29.0 Å². The summed E-state index contributed by atoms with van der Waals surface area (Å²) < 4.78 is 12.2. The Hall–Kier alpha value is -3.92. The first-order chi connectivity index (χ1) is 16.4. The van der Waals surface area contributed by atoms with E-state index in [2.05, 4.69) is 15.7 Å². The molecule has 178 valence electrons. The molecule has 10 nitrogen and oxygen atoms in total. The average molecular weight is 466 g/mol. The van der Waals surface area contributed by atoms with E-state index in [-0.39, 0.29) is 36.8 Å². The Morgan fingerprint density at radius 1 is 1.26 bits per heavy atom. The molecule has 1 aliphatic heterocycles. The number of ether oxygens (including phenoxy) is 2. The van der Waals surface area contributed by atoms with Crippen LogP contribution in [0.3, 0.4) is 0 Å². The first-order valence-electron chi connectivity index (χ1n) is 11.0. The third-order valence-electron chi connectivity index (χ3n) is 6.03. The smallest absolute Gasteiger partial charge is 0.339 e. The topological polar surface area (TPSA) is 137 Å². The summed E-state index contributed by atoms with van der Waals surface area (Å²) >= 11 is 0. The molecule has 10 heteroatoms. The van der Waals surface area contributed by atoms with Crippen LogP contribution in [0.15, 0.2) is 48.8 Å². The molecule has 0 aliphatic carbocycles. The highest BCUT2D eigenvalue weighted by Crippen LogP contribution is 2.33. The van der Waals surface area contributed by atoms with E-state index in [9.17, 15) is 14.4 Å². The lowest BCUT2D eigenvalue weighted by Crippen LogP contribution is -2.53. The number of fused-ring (bicyclic) bond motifs is 1. The zero-order valence-corrected chi connectivity index (χ0v) is 19.0. The van der Waals surface area contributed by atoms with Crippen LogP contribution >= 0.6 is 0 Å². The molecule has 1 fully saturated rings. The van der Waals surface area contributed by atoms with Crippen molar-refractivity contribution in [2.45, 2.75) is 26.0 Å². The number of nitrogens with zero attached hydrogens (tertiary/aromatic N) is 2. The Morgan fingerprint density at radius 3 is 2.68 bits per heavy atom. The normalized spacial score (nSPS) is 19.6. The molecule has 0 bridgehead atoms. The maximum atomic E-state index is 13.4. The Labute approximate surface area is 196 Å².